The number of carboxylic acids is 1. The van der Waals surface area contributed by atoms with E-state index in [0.717, 1.165) is 22.3 Å². The molecule has 0 radical (unpaired) electrons. The molecule has 2 N–H and O–H groups in total. The van der Waals surface area contributed by atoms with Gasteiger partial charge in [-0.05, 0) is 41.3 Å². The van der Waals surface area contributed by atoms with E-state index in [4.69, 9.17) is 33.3 Å². The first-order chi connectivity index (χ1) is 27.9. The van der Waals surface area contributed by atoms with E-state index < -0.39 is 61.3 Å². The van der Waals surface area contributed by atoms with Crippen molar-refractivity contribution in [3.63, 3.8) is 0 Å². The third-order valence-corrected chi connectivity index (χ3v) is 9.19. The first-order valence-electron chi connectivity index (χ1n) is 18.6. The summed E-state index contributed by atoms with van der Waals surface area (Å²) in [6.45, 7) is 2.08. The Morgan fingerprint density at radius 2 is 1.02 bits per heavy atom. The van der Waals surface area contributed by atoms with Gasteiger partial charge in [-0.15, -0.1) is 5.48 Å². The van der Waals surface area contributed by atoms with Crippen molar-refractivity contribution < 1.29 is 52.7 Å². The van der Waals surface area contributed by atoms with Crippen LogP contribution in [-0.2, 0) is 64.5 Å². The summed E-state index contributed by atoms with van der Waals surface area (Å²) < 4.78 is 38.1. The average Bonchev–Trinajstić information content (AvgIpc) is 3.25. The number of hydrogen-bond donors (Lipinski definition) is 2. The largest absolute Gasteiger partial charge is 0.478 e. The zero-order valence-electron chi connectivity index (χ0n) is 31.4. The van der Waals surface area contributed by atoms with Gasteiger partial charge in [-0.1, -0.05) is 133 Å². The number of benzene rings is 5. The lowest BCUT2D eigenvalue weighted by atomic mass is 9.98. The molecule has 5 aromatic rings. The smallest absolute Gasteiger partial charge is 0.357 e. The predicted octanol–water partition coefficient (Wildman–Crippen LogP) is 6.68. The van der Waals surface area contributed by atoms with Crippen LogP contribution in [0.1, 0.15) is 49.9 Å². The Balaban J connectivity index is 1.24. The highest BCUT2D eigenvalue weighted by Gasteiger charge is 2.48. The second-order valence-corrected chi connectivity index (χ2v) is 13.3. The predicted molar refractivity (Wildman–Crippen MR) is 207 cm³/mol. The number of carbonyl (C=O) groups excluding carboxylic acids is 2. The molecule has 1 saturated heterocycles. The number of rotatable bonds is 19. The Bertz CT molecular complexity index is 2000. The molecule has 0 saturated carbocycles. The van der Waals surface area contributed by atoms with E-state index in [-0.39, 0.29) is 37.6 Å². The average molecular weight is 776 g/mol. The maximum atomic E-state index is 13.6. The minimum atomic E-state index is -1.38. The van der Waals surface area contributed by atoms with Crippen LogP contribution >= 0.6 is 0 Å². The zero-order chi connectivity index (χ0) is 39.8. The summed E-state index contributed by atoms with van der Waals surface area (Å²) in [6.07, 6.45) is -3.87. The van der Waals surface area contributed by atoms with Crippen LogP contribution < -0.4 is 5.48 Å². The number of hydroxylamine groups is 1. The molecule has 57 heavy (non-hydrogen) atoms. The van der Waals surface area contributed by atoms with Crippen LogP contribution in [0.25, 0.3) is 0 Å². The monoisotopic (exact) mass is 775 g/mol. The van der Waals surface area contributed by atoms with Crippen LogP contribution in [-0.4, -0.2) is 66.4 Å². The zero-order valence-corrected chi connectivity index (χ0v) is 31.4. The second-order valence-electron chi connectivity index (χ2n) is 13.3. The summed E-state index contributed by atoms with van der Waals surface area (Å²) in [5.74, 6) is -3.14. The van der Waals surface area contributed by atoms with E-state index in [9.17, 15) is 19.5 Å². The molecule has 12 nitrogen and oxygen atoms in total. The Kier molecular flexibility index (Phi) is 15.1. The number of carbonyl (C=O) groups is 3. The minimum Gasteiger partial charge on any atom is -0.478 e. The molecule has 1 aliphatic rings. The number of nitrogens with one attached hydrogen (secondary N) is 1. The van der Waals surface area contributed by atoms with Gasteiger partial charge in [-0.2, -0.15) is 0 Å². The van der Waals surface area contributed by atoms with E-state index in [1.54, 1.807) is 12.1 Å². The second kappa shape index (κ2) is 21.0. The number of ether oxygens (including phenoxy) is 6. The minimum absolute atomic E-state index is 0.0662. The maximum Gasteiger partial charge on any atom is 0.357 e. The highest BCUT2D eigenvalue weighted by molar-refractivity contribution is 6.02. The van der Waals surface area contributed by atoms with Gasteiger partial charge in [0.25, 0.3) is 0 Å². The van der Waals surface area contributed by atoms with Gasteiger partial charge < -0.3 is 38.4 Å². The van der Waals surface area contributed by atoms with Gasteiger partial charge in [-0.3, -0.25) is 4.79 Å². The molecule has 0 unspecified atom stereocenters. The molecule has 6 rings (SSSR count). The number of hydrogen-bond acceptors (Lipinski definition) is 11. The lowest BCUT2D eigenvalue weighted by Gasteiger charge is -2.45. The number of aromatic carboxylic acids is 1. The summed E-state index contributed by atoms with van der Waals surface area (Å²) in [7, 11) is 0. The van der Waals surface area contributed by atoms with Crippen molar-refractivity contribution in [2.75, 3.05) is 6.61 Å². The van der Waals surface area contributed by atoms with Crippen molar-refractivity contribution in [2.24, 2.45) is 0 Å². The Labute approximate surface area is 331 Å². The lowest BCUT2D eigenvalue weighted by molar-refractivity contribution is -0.321. The van der Waals surface area contributed by atoms with Crippen LogP contribution in [0, 0.1) is 0 Å². The summed E-state index contributed by atoms with van der Waals surface area (Å²) in [5, 5.41) is 9.62. The van der Waals surface area contributed by atoms with E-state index in [1.807, 2.05) is 116 Å². The van der Waals surface area contributed by atoms with Crippen LogP contribution in [0.15, 0.2) is 146 Å². The van der Waals surface area contributed by atoms with Gasteiger partial charge in [0.1, 0.15) is 24.9 Å². The lowest BCUT2D eigenvalue weighted by Crippen LogP contribution is -2.60. The molecule has 0 amide bonds. The molecular weight excluding hydrogens is 730 g/mol. The van der Waals surface area contributed by atoms with Crippen molar-refractivity contribution in [3.05, 3.63) is 179 Å². The highest BCUT2D eigenvalue weighted by atomic mass is 16.7. The summed E-state index contributed by atoms with van der Waals surface area (Å²) in [5.41, 5.74) is 5.51. The van der Waals surface area contributed by atoms with E-state index in [2.05, 4.69) is 5.48 Å². The molecular formula is C45H45NO11. The number of esters is 1. The molecule has 0 aliphatic carbocycles. The molecule has 296 valence electrons. The molecule has 1 fully saturated rings. The van der Waals surface area contributed by atoms with Crippen molar-refractivity contribution in [1.29, 1.82) is 0 Å². The summed E-state index contributed by atoms with van der Waals surface area (Å²) >= 11 is 0. The standard InChI is InChI=1S/C45H45NO11/c1-31-39(51-26-32-16-6-2-7-17-32)40(52-27-33-18-8-3-9-19-33)41(53-28-34-20-10-4-11-21-34)45(56-31)55-30-38(44(50)54-29-35-22-12-5-13-23-35)46-57-43(49)37-25-15-14-24-36(37)42(47)48/h2-25,31,38-41,45-46H,26-30H2,1H3,(H,47,48)/t31-,38-,39+,40+,41-,45+/m0/s1. The highest BCUT2D eigenvalue weighted by Crippen LogP contribution is 2.31. The van der Waals surface area contributed by atoms with Gasteiger partial charge in [-0.25, -0.2) is 9.59 Å². The Hall–Kier alpha value is -5.73. The fraction of sp³-hybridized carbons (Fsp3) is 0.267. The van der Waals surface area contributed by atoms with Crippen molar-refractivity contribution >= 4 is 17.9 Å². The third kappa shape index (κ3) is 11.9. The van der Waals surface area contributed by atoms with Crippen LogP contribution in [0.3, 0.4) is 0 Å². The molecule has 1 aliphatic heterocycles. The molecule has 0 spiro atoms. The molecule has 0 bridgehead atoms. The SMILES string of the molecule is C[C@@H]1O[C@@H](OC[C@H](NOC(=O)c2ccccc2C(=O)O)C(=O)OCc2ccccc2)[C@@H](OCc2ccccc2)[C@H](OCc2ccccc2)[C@@H]1OCc1ccccc1. The van der Waals surface area contributed by atoms with Crippen LogP contribution in [0.5, 0.6) is 0 Å². The fourth-order valence-corrected chi connectivity index (χ4v) is 6.20. The third-order valence-electron chi connectivity index (χ3n) is 9.19. The maximum absolute atomic E-state index is 13.6. The van der Waals surface area contributed by atoms with Crippen molar-refractivity contribution in [2.45, 2.75) is 70.1 Å². The van der Waals surface area contributed by atoms with Gasteiger partial charge >= 0.3 is 17.9 Å². The first kappa shape index (κ1) is 40.9. The van der Waals surface area contributed by atoms with Crippen molar-refractivity contribution in [3.8, 4) is 0 Å². The van der Waals surface area contributed by atoms with E-state index >= 15 is 0 Å². The summed E-state index contributed by atoms with van der Waals surface area (Å²) in [6, 6.07) is 42.4. The normalized spacial score (nSPS) is 19.6. The molecule has 1 heterocycles. The Morgan fingerprint density at radius 3 is 1.53 bits per heavy atom. The quantitative estimate of drug-likeness (QED) is 0.0682. The van der Waals surface area contributed by atoms with E-state index in [0.29, 0.717) is 0 Å². The topological polar surface area (TPSA) is 148 Å². The van der Waals surface area contributed by atoms with E-state index in [1.165, 1.54) is 24.3 Å². The molecule has 5 aromatic carbocycles. The molecule has 12 heteroatoms. The summed E-state index contributed by atoms with van der Waals surface area (Å²) in [4.78, 5) is 43.8. The van der Waals surface area contributed by atoms with Crippen molar-refractivity contribution in [1.82, 2.24) is 5.48 Å². The van der Waals surface area contributed by atoms with Gasteiger partial charge in [0.05, 0.1) is 43.7 Å². The van der Waals surface area contributed by atoms with Gasteiger partial charge in [0.2, 0.25) is 0 Å². The molecule has 0 aromatic heterocycles. The van der Waals surface area contributed by atoms with Crippen LogP contribution in [0.2, 0.25) is 0 Å². The van der Waals surface area contributed by atoms with Gasteiger partial charge in [0, 0.05) is 0 Å². The number of carboxylic acid groups (broad SMARTS) is 1. The van der Waals surface area contributed by atoms with Gasteiger partial charge in [0.15, 0.2) is 12.3 Å². The van der Waals surface area contributed by atoms with Crippen LogP contribution in [0.4, 0.5) is 0 Å². The first-order valence-corrected chi connectivity index (χ1v) is 18.6. The Morgan fingerprint density at radius 1 is 0.579 bits per heavy atom. The molecule has 6 atom stereocenters. The fourth-order valence-electron chi connectivity index (χ4n) is 6.20.